The van der Waals surface area contributed by atoms with Gasteiger partial charge in [0.15, 0.2) is 29.4 Å². The van der Waals surface area contributed by atoms with Crippen molar-refractivity contribution < 1.29 is 38.1 Å². The molecule has 5 aliphatic rings. The van der Waals surface area contributed by atoms with Gasteiger partial charge in [0, 0.05) is 23.3 Å². The minimum Gasteiger partial charge on any atom is -0.458 e. The third-order valence-corrected chi connectivity index (χ3v) is 9.76. The molecule has 0 spiro atoms. The van der Waals surface area contributed by atoms with Crippen molar-refractivity contribution in [2.45, 2.75) is 89.1 Å². The number of aliphatic hydroxyl groups excluding tert-OH is 1. The van der Waals surface area contributed by atoms with E-state index in [1.165, 1.54) is 12.2 Å². The summed E-state index contributed by atoms with van der Waals surface area (Å²) in [7, 11) is 0. The maximum atomic E-state index is 17.4. The van der Waals surface area contributed by atoms with Crippen LogP contribution in [0.4, 0.5) is 4.39 Å². The molecule has 4 fully saturated rings. The van der Waals surface area contributed by atoms with E-state index in [0.717, 1.165) is 0 Å². The SMILES string of the molecule is CC1(C)OC2CC3C4CCC5=CC(=O)C=CC5(C)C4(F)C(O)CC3(C)C2(C(=O)COC(=O)CCN)O1. The lowest BCUT2D eigenvalue weighted by molar-refractivity contribution is -0.246. The van der Waals surface area contributed by atoms with Gasteiger partial charge in [0.25, 0.3) is 0 Å². The summed E-state index contributed by atoms with van der Waals surface area (Å²) >= 11 is 0. The first-order valence-corrected chi connectivity index (χ1v) is 12.8. The van der Waals surface area contributed by atoms with Crippen LogP contribution in [0.1, 0.15) is 59.8 Å². The quantitative estimate of drug-likeness (QED) is 0.546. The van der Waals surface area contributed by atoms with Crippen LogP contribution in [0, 0.1) is 22.7 Å². The molecule has 9 heteroatoms. The first kappa shape index (κ1) is 25.7. The van der Waals surface area contributed by atoms with Crippen LogP contribution in [0.2, 0.25) is 0 Å². The van der Waals surface area contributed by atoms with E-state index < -0.39 is 64.4 Å². The first-order valence-electron chi connectivity index (χ1n) is 12.8. The number of carbonyl (C=O) groups is 3. The predicted octanol–water partition coefficient (Wildman–Crippen LogP) is 2.32. The van der Waals surface area contributed by atoms with Gasteiger partial charge < -0.3 is 25.1 Å². The average Bonchev–Trinajstić information content (AvgIpc) is 3.20. The second kappa shape index (κ2) is 8.03. The largest absolute Gasteiger partial charge is 0.458 e. The van der Waals surface area contributed by atoms with Crippen molar-refractivity contribution in [2.24, 2.45) is 28.4 Å². The number of carbonyl (C=O) groups excluding carboxylic acids is 3. The lowest BCUT2D eigenvalue weighted by Gasteiger charge is -2.62. The number of rotatable bonds is 5. The summed E-state index contributed by atoms with van der Waals surface area (Å²) in [6.45, 7) is 6.67. The Morgan fingerprint density at radius 2 is 1.97 bits per heavy atom. The Bertz CT molecular complexity index is 1070. The Morgan fingerprint density at radius 3 is 2.67 bits per heavy atom. The number of esters is 1. The topological polar surface area (TPSA) is 125 Å². The zero-order chi connectivity index (χ0) is 26.3. The Morgan fingerprint density at radius 1 is 1.25 bits per heavy atom. The molecule has 4 aliphatic carbocycles. The number of ketones is 2. The fourth-order valence-electron chi connectivity index (χ4n) is 8.25. The summed E-state index contributed by atoms with van der Waals surface area (Å²) in [6, 6.07) is 0. The molecule has 8 atom stereocenters. The standard InChI is InChI=1S/C27H36FNO7/c1-23(2)35-21-12-18-17-6-5-15-11-16(30)7-9-24(15,3)26(17,28)19(31)13-25(18,4)27(21,36-23)20(32)14-34-22(33)8-10-29/h7,9,11,17-19,21,31H,5-6,8,10,12-14,29H2,1-4H3. The van der Waals surface area contributed by atoms with Crippen molar-refractivity contribution in [2.75, 3.05) is 13.2 Å². The van der Waals surface area contributed by atoms with Gasteiger partial charge >= 0.3 is 5.97 Å². The van der Waals surface area contributed by atoms with Crippen molar-refractivity contribution >= 4 is 17.5 Å². The molecule has 0 aromatic heterocycles. The molecule has 0 amide bonds. The summed E-state index contributed by atoms with van der Waals surface area (Å²) in [5.74, 6) is -3.20. The van der Waals surface area contributed by atoms with Gasteiger partial charge in [-0.25, -0.2) is 4.39 Å². The number of ether oxygens (including phenoxy) is 3. The smallest absolute Gasteiger partial charge is 0.307 e. The summed E-state index contributed by atoms with van der Waals surface area (Å²) < 4.78 is 35.2. The highest BCUT2D eigenvalue weighted by molar-refractivity contribution is 6.01. The van der Waals surface area contributed by atoms with Gasteiger partial charge in [0.2, 0.25) is 5.78 Å². The number of hydrogen-bond donors (Lipinski definition) is 2. The number of halogens is 1. The number of Topliss-reactive ketones (excluding diaryl/α,β-unsaturated/α-hetero) is 1. The highest BCUT2D eigenvalue weighted by atomic mass is 19.1. The van der Waals surface area contributed by atoms with Gasteiger partial charge in [-0.3, -0.25) is 14.4 Å². The van der Waals surface area contributed by atoms with Crippen molar-refractivity contribution in [3.63, 3.8) is 0 Å². The molecule has 1 heterocycles. The molecule has 0 bridgehead atoms. The molecule has 36 heavy (non-hydrogen) atoms. The first-order chi connectivity index (χ1) is 16.7. The van der Waals surface area contributed by atoms with Crippen LogP contribution in [0.5, 0.6) is 0 Å². The number of aliphatic hydroxyl groups is 1. The number of alkyl halides is 1. The number of hydrogen-bond acceptors (Lipinski definition) is 8. The summed E-state index contributed by atoms with van der Waals surface area (Å²) in [5.41, 5.74) is 0.503. The van der Waals surface area contributed by atoms with E-state index in [1.54, 1.807) is 26.8 Å². The van der Waals surface area contributed by atoms with E-state index >= 15 is 4.39 Å². The normalized spacial score (nSPS) is 46.3. The summed E-state index contributed by atoms with van der Waals surface area (Å²) in [4.78, 5) is 37.8. The molecular formula is C27H36FNO7. The molecule has 1 aliphatic heterocycles. The number of fused-ring (bicyclic) bond motifs is 7. The van der Waals surface area contributed by atoms with E-state index in [4.69, 9.17) is 19.9 Å². The highest BCUT2D eigenvalue weighted by Crippen LogP contribution is 2.72. The maximum absolute atomic E-state index is 17.4. The van der Waals surface area contributed by atoms with Crippen molar-refractivity contribution in [1.29, 1.82) is 0 Å². The van der Waals surface area contributed by atoms with Crippen LogP contribution >= 0.6 is 0 Å². The Kier molecular flexibility index (Phi) is 5.73. The zero-order valence-electron chi connectivity index (χ0n) is 21.3. The van der Waals surface area contributed by atoms with Crippen LogP contribution in [0.3, 0.4) is 0 Å². The molecule has 0 aromatic rings. The van der Waals surface area contributed by atoms with E-state index in [2.05, 4.69) is 0 Å². The molecule has 5 rings (SSSR count). The third kappa shape index (κ3) is 3.15. The molecule has 8 nitrogen and oxygen atoms in total. The van der Waals surface area contributed by atoms with Crippen molar-refractivity contribution in [3.05, 3.63) is 23.8 Å². The molecular weight excluding hydrogens is 469 g/mol. The van der Waals surface area contributed by atoms with E-state index in [-0.39, 0.29) is 31.1 Å². The van der Waals surface area contributed by atoms with Crippen molar-refractivity contribution in [1.82, 2.24) is 0 Å². The van der Waals surface area contributed by atoms with Gasteiger partial charge in [-0.1, -0.05) is 18.6 Å². The Hall–Kier alpha value is -1.94. The minimum absolute atomic E-state index is 0.0118. The predicted molar refractivity (Wildman–Crippen MR) is 126 cm³/mol. The lowest BCUT2D eigenvalue weighted by Crippen LogP contribution is -2.70. The van der Waals surface area contributed by atoms with Gasteiger partial charge in [-0.15, -0.1) is 0 Å². The van der Waals surface area contributed by atoms with Crippen LogP contribution in [-0.4, -0.2) is 65.1 Å². The molecule has 8 unspecified atom stereocenters. The van der Waals surface area contributed by atoms with Crippen LogP contribution in [-0.2, 0) is 28.6 Å². The van der Waals surface area contributed by atoms with E-state index in [1.807, 2.05) is 6.92 Å². The second-order valence-electron chi connectivity index (χ2n) is 12.0. The van der Waals surface area contributed by atoms with Gasteiger partial charge in [0.05, 0.1) is 18.6 Å². The summed E-state index contributed by atoms with van der Waals surface area (Å²) in [5, 5.41) is 11.6. The van der Waals surface area contributed by atoms with Crippen LogP contribution in [0.25, 0.3) is 0 Å². The average molecular weight is 506 g/mol. The molecule has 1 saturated heterocycles. The van der Waals surface area contributed by atoms with Gasteiger partial charge in [-0.2, -0.15) is 0 Å². The Balaban J connectivity index is 1.55. The second-order valence-corrected chi connectivity index (χ2v) is 12.0. The fraction of sp³-hybridized carbons (Fsp3) is 0.741. The third-order valence-electron chi connectivity index (χ3n) is 9.76. The van der Waals surface area contributed by atoms with E-state index in [0.29, 0.717) is 24.8 Å². The van der Waals surface area contributed by atoms with E-state index in [9.17, 15) is 19.5 Å². The van der Waals surface area contributed by atoms with Crippen LogP contribution < -0.4 is 5.73 Å². The fourth-order valence-corrected chi connectivity index (χ4v) is 8.25. The molecule has 0 radical (unpaired) electrons. The molecule has 3 N–H and O–H groups in total. The number of nitrogens with two attached hydrogens (primary N) is 1. The monoisotopic (exact) mass is 505 g/mol. The Labute approximate surface area is 210 Å². The molecule has 3 saturated carbocycles. The van der Waals surface area contributed by atoms with Gasteiger partial charge in [-0.05, 0) is 64.5 Å². The van der Waals surface area contributed by atoms with Crippen molar-refractivity contribution in [3.8, 4) is 0 Å². The zero-order valence-corrected chi connectivity index (χ0v) is 21.3. The maximum Gasteiger partial charge on any atom is 0.307 e. The minimum atomic E-state index is -2.02. The molecule has 0 aromatic carbocycles. The number of allylic oxidation sites excluding steroid dienone is 4. The highest BCUT2D eigenvalue weighted by Gasteiger charge is 2.80. The lowest BCUT2D eigenvalue weighted by atomic mass is 9.44. The molecule has 198 valence electrons. The van der Waals surface area contributed by atoms with Gasteiger partial charge in [0.1, 0.15) is 0 Å². The van der Waals surface area contributed by atoms with Crippen LogP contribution in [0.15, 0.2) is 23.8 Å². The summed E-state index contributed by atoms with van der Waals surface area (Å²) in [6.07, 6.45) is 3.69.